The molecule has 1 rings (SSSR count). The van der Waals surface area contributed by atoms with E-state index in [-0.39, 0.29) is 0 Å². The highest BCUT2D eigenvalue weighted by molar-refractivity contribution is 5.14. The second-order valence-corrected chi connectivity index (χ2v) is 3.04. The van der Waals surface area contributed by atoms with Gasteiger partial charge in [-0.15, -0.1) is 0 Å². The molecule has 0 aromatic heterocycles. The lowest BCUT2D eigenvalue weighted by Crippen LogP contribution is -2.12. The van der Waals surface area contributed by atoms with Crippen LogP contribution in [0.15, 0.2) is 30.3 Å². The van der Waals surface area contributed by atoms with Crippen molar-refractivity contribution in [2.45, 2.75) is 19.3 Å². The first kappa shape index (κ1) is 10.2. The predicted molar refractivity (Wildman–Crippen MR) is 54.4 cm³/mol. The molecule has 0 aliphatic heterocycles. The first-order valence-electron chi connectivity index (χ1n) is 4.73. The van der Waals surface area contributed by atoms with Crippen molar-refractivity contribution in [3.63, 3.8) is 0 Å². The second-order valence-electron chi connectivity index (χ2n) is 3.04. The van der Waals surface area contributed by atoms with Crippen LogP contribution in [0, 0.1) is 0 Å². The molecule has 1 aromatic carbocycles. The summed E-state index contributed by atoms with van der Waals surface area (Å²) >= 11 is 0. The number of aryl methyl sites for hydroxylation is 1. The van der Waals surface area contributed by atoms with Gasteiger partial charge in [0.15, 0.2) is 0 Å². The topological polar surface area (TPSA) is 21.3 Å². The van der Waals surface area contributed by atoms with Crippen molar-refractivity contribution in [2.24, 2.45) is 0 Å². The minimum absolute atomic E-state index is 0.934. The molecule has 0 unspecified atom stereocenters. The number of nitrogens with one attached hydrogen (secondary N) is 1. The second kappa shape index (κ2) is 6.63. The van der Waals surface area contributed by atoms with E-state index in [1.807, 2.05) is 0 Å². The Kier molecular flexibility index (Phi) is 5.22. The number of hydrogen-bond acceptors (Lipinski definition) is 2. The Morgan fingerprint density at radius 1 is 1.15 bits per heavy atom. The molecular formula is C11H17NO. The minimum atomic E-state index is 0.934. The number of benzene rings is 1. The van der Waals surface area contributed by atoms with Gasteiger partial charge in [0.2, 0.25) is 0 Å². The highest BCUT2D eigenvalue weighted by Crippen LogP contribution is 2.03. The molecule has 0 amide bonds. The highest BCUT2D eigenvalue weighted by atomic mass is 16.6. The third-order valence-electron chi connectivity index (χ3n) is 1.98. The van der Waals surface area contributed by atoms with Crippen molar-refractivity contribution in [1.82, 2.24) is 5.48 Å². The van der Waals surface area contributed by atoms with Gasteiger partial charge in [0, 0.05) is 6.54 Å². The van der Waals surface area contributed by atoms with E-state index in [0.29, 0.717) is 0 Å². The maximum absolute atomic E-state index is 4.74. The maximum Gasteiger partial charge on any atom is 0.0572 e. The highest BCUT2D eigenvalue weighted by Gasteiger charge is 1.91. The van der Waals surface area contributed by atoms with Crippen molar-refractivity contribution in [2.75, 3.05) is 13.7 Å². The molecule has 0 fully saturated rings. The van der Waals surface area contributed by atoms with Crippen LogP contribution in [0.25, 0.3) is 0 Å². The first-order valence-corrected chi connectivity index (χ1v) is 4.73. The SMILES string of the molecule is CONCCCCc1ccccc1. The fourth-order valence-electron chi connectivity index (χ4n) is 1.27. The summed E-state index contributed by atoms with van der Waals surface area (Å²) < 4.78 is 0. The van der Waals surface area contributed by atoms with Crippen LogP contribution < -0.4 is 5.48 Å². The largest absolute Gasteiger partial charge is 0.305 e. The molecule has 0 saturated heterocycles. The Morgan fingerprint density at radius 2 is 1.92 bits per heavy atom. The summed E-state index contributed by atoms with van der Waals surface area (Å²) in [5.74, 6) is 0. The molecule has 72 valence electrons. The zero-order valence-electron chi connectivity index (χ0n) is 8.12. The van der Waals surface area contributed by atoms with Crippen LogP contribution in [-0.2, 0) is 11.3 Å². The average Bonchev–Trinajstić information content (AvgIpc) is 2.19. The maximum atomic E-state index is 4.74. The van der Waals surface area contributed by atoms with Crippen LogP contribution in [0.3, 0.4) is 0 Å². The van der Waals surface area contributed by atoms with Crippen molar-refractivity contribution in [3.8, 4) is 0 Å². The van der Waals surface area contributed by atoms with Crippen LogP contribution in [0.1, 0.15) is 18.4 Å². The summed E-state index contributed by atoms with van der Waals surface area (Å²) in [5.41, 5.74) is 4.25. The van der Waals surface area contributed by atoms with Gasteiger partial charge < -0.3 is 4.84 Å². The molecule has 0 saturated carbocycles. The van der Waals surface area contributed by atoms with Crippen LogP contribution in [0.4, 0.5) is 0 Å². The molecule has 1 aromatic rings. The Labute approximate surface area is 79.9 Å². The third-order valence-corrected chi connectivity index (χ3v) is 1.98. The van der Waals surface area contributed by atoms with Crippen LogP contribution in [0.2, 0.25) is 0 Å². The lowest BCUT2D eigenvalue weighted by Gasteiger charge is -2.01. The summed E-state index contributed by atoms with van der Waals surface area (Å²) in [6.07, 6.45) is 3.52. The fraction of sp³-hybridized carbons (Fsp3) is 0.455. The van der Waals surface area contributed by atoms with Gasteiger partial charge in [0.1, 0.15) is 0 Å². The Morgan fingerprint density at radius 3 is 2.62 bits per heavy atom. The summed E-state index contributed by atoms with van der Waals surface area (Å²) in [7, 11) is 1.65. The average molecular weight is 179 g/mol. The fourth-order valence-corrected chi connectivity index (χ4v) is 1.27. The van der Waals surface area contributed by atoms with E-state index in [2.05, 4.69) is 35.8 Å². The molecule has 2 nitrogen and oxygen atoms in total. The van der Waals surface area contributed by atoms with Crippen molar-refractivity contribution in [3.05, 3.63) is 35.9 Å². The monoisotopic (exact) mass is 179 g/mol. The normalized spacial score (nSPS) is 10.2. The quantitative estimate of drug-likeness (QED) is 0.533. The van der Waals surface area contributed by atoms with E-state index >= 15 is 0 Å². The van der Waals surface area contributed by atoms with Crippen molar-refractivity contribution in [1.29, 1.82) is 0 Å². The van der Waals surface area contributed by atoms with Gasteiger partial charge in [-0.3, -0.25) is 0 Å². The molecule has 0 spiro atoms. The molecule has 0 bridgehead atoms. The lowest BCUT2D eigenvalue weighted by molar-refractivity contribution is 0.0906. The third kappa shape index (κ3) is 4.65. The van der Waals surface area contributed by atoms with Crippen LogP contribution in [-0.4, -0.2) is 13.7 Å². The molecule has 1 N–H and O–H groups in total. The Balaban J connectivity index is 2.07. The smallest absolute Gasteiger partial charge is 0.0572 e. The summed E-state index contributed by atoms with van der Waals surface area (Å²) in [6.45, 7) is 0.934. The van der Waals surface area contributed by atoms with Crippen LogP contribution in [0.5, 0.6) is 0 Å². The van der Waals surface area contributed by atoms with E-state index in [0.717, 1.165) is 19.4 Å². The zero-order chi connectivity index (χ0) is 9.36. The van der Waals surface area contributed by atoms with Gasteiger partial charge in [-0.1, -0.05) is 30.3 Å². The molecule has 13 heavy (non-hydrogen) atoms. The van der Waals surface area contributed by atoms with Gasteiger partial charge in [-0.2, -0.15) is 0 Å². The summed E-state index contributed by atoms with van der Waals surface area (Å²) in [4.78, 5) is 4.74. The molecule has 0 atom stereocenters. The Hall–Kier alpha value is -0.860. The summed E-state index contributed by atoms with van der Waals surface area (Å²) in [6, 6.07) is 10.6. The van der Waals surface area contributed by atoms with E-state index in [1.54, 1.807) is 7.11 Å². The van der Waals surface area contributed by atoms with Crippen molar-refractivity contribution >= 4 is 0 Å². The van der Waals surface area contributed by atoms with Gasteiger partial charge in [-0.25, -0.2) is 5.48 Å². The van der Waals surface area contributed by atoms with E-state index in [9.17, 15) is 0 Å². The van der Waals surface area contributed by atoms with E-state index in [1.165, 1.54) is 12.0 Å². The molecule has 0 radical (unpaired) electrons. The predicted octanol–water partition coefficient (Wildman–Crippen LogP) is 2.16. The van der Waals surface area contributed by atoms with Gasteiger partial charge in [0.25, 0.3) is 0 Å². The van der Waals surface area contributed by atoms with Gasteiger partial charge in [0.05, 0.1) is 7.11 Å². The number of hydroxylamine groups is 1. The molecular weight excluding hydrogens is 162 g/mol. The molecule has 2 heteroatoms. The zero-order valence-corrected chi connectivity index (χ0v) is 8.12. The van der Waals surface area contributed by atoms with Crippen LogP contribution >= 0.6 is 0 Å². The lowest BCUT2D eigenvalue weighted by atomic mass is 10.1. The summed E-state index contributed by atoms with van der Waals surface area (Å²) in [5, 5.41) is 0. The molecule has 0 aliphatic rings. The van der Waals surface area contributed by atoms with Crippen molar-refractivity contribution < 1.29 is 4.84 Å². The van der Waals surface area contributed by atoms with E-state index in [4.69, 9.17) is 4.84 Å². The van der Waals surface area contributed by atoms with Gasteiger partial charge in [-0.05, 0) is 24.8 Å². The molecule has 0 aliphatic carbocycles. The minimum Gasteiger partial charge on any atom is -0.305 e. The molecule has 0 heterocycles. The van der Waals surface area contributed by atoms with Gasteiger partial charge >= 0.3 is 0 Å². The Bertz CT molecular complexity index is 211. The first-order chi connectivity index (χ1) is 6.43. The standard InChI is InChI=1S/C11H17NO/c1-13-12-10-6-5-9-11-7-3-2-4-8-11/h2-4,7-8,12H,5-6,9-10H2,1H3. The number of unbranched alkanes of at least 4 members (excludes halogenated alkanes) is 1. The number of hydrogen-bond donors (Lipinski definition) is 1. The number of rotatable bonds is 6. The van der Waals surface area contributed by atoms with E-state index < -0.39 is 0 Å².